The van der Waals surface area contributed by atoms with Gasteiger partial charge in [-0.15, -0.1) is 0 Å². The van der Waals surface area contributed by atoms with Crippen molar-refractivity contribution in [2.45, 2.75) is 67.3 Å². The smallest absolute Gasteiger partial charge is 0.224 e. The molecule has 0 bridgehead atoms. The fourth-order valence-corrected chi connectivity index (χ4v) is 2.94. The second kappa shape index (κ2) is 19.3. The van der Waals surface area contributed by atoms with E-state index in [4.69, 9.17) is 0 Å². The number of carbonyl (C=O) groups excluding carboxylic acids is 2. The van der Waals surface area contributed by atoms with Crippen molar-refractivity contribution >= 4 is 11.7 Å². The van der Waals surface area contributed by atoms with Gasteiger partial charge in [0.15, 0.2) is 5.78 Å². The van der Waals surface area contributed by atoms with Crippen molar-refractivity contribution < 1.29 is 14.0 Å². The Morgan fingerprint density at radius 3 is 2.11 bits per heavy atom. The largest absolute Gasteiger partial charge is 0.359 e. The molecule has 0 fully saturated rings. The van der Waals surface area contributed by atoms with Crippen LogP contribution in [0.1, 0.15) is 73.7 Å². The van der Waals surface area contributed by atoms with Crippen LogP contribution in [0.2, 0.25) is 0 Å². The average Bonchev–Trinajstić information content (AvgIpc) is 3.38. The van der Waals surface area contributed by atoms with Crippen LogP contribution in [-0.4, -0.2) is 28.5 Å². The van der Waals surface area contributed by atoms with Crippen LogP contribution in [0, 0.1) is 24.7 Å². The molecule has 1 heterocycles. The number of amides is 1. The number of halogens is 1. The highest BCUT2D eigenvalue weighted by molar-refractivity contribution is 5.93. The molecule has 0 spiro atoms. The molecule has 1 aromatic heterocycles. The van der Waals surface area contributed by atoms with Crippen LogP contribution >= 0.6 is 0 Å². The fourth-order valence-electron chi connectivity index (χ4n) is 2.94. The summed E-state index contributed by atoms with van der Waals surface area (Å²) in [6.45, 7) is 11.7. The highest BCUT2D eigenvalue weighted by Crippen LogP contribution is 2.10. The van der Waals surface area contributed by atoms with E-state index >= 15 is 0 Å². The minimum absolute atomic E-state index is 0.00377. The van der Waals surface area contributed by atoms with E-state index in [1.54, 1.807) is 44.0 Å². The van der Waals surface area contributed by atoms with Gasteiger partial charge in [0.1, 0.15) is 5.82 Å². The van der Waals surface area contributed by atoms with Gasteiger partial charge in [0.25, 0.3) is 0 Å². The molecule has 3 N–H and O–H groups in total. The number of nitrogens with one attached hydrogen (secondary N) is 1. The molecule has 200 valence electrons. The van der Waals surface area contributed by atoms with Crippen molar-refractivity contribution in [3.05, 3.63) is 88.5 Å². The lowest BCUT2D eigenvalue weighted by Gasteiger charge is -2.04. The molecular formula is C30H41FN4O2. The Morgan fingerprint density at radius 2 is 1.65 bits per heavy atom. The van der Waals surface area contributed by atoms with Gasteiger partial charge in [-0.1, -0.05) is 69.5 Å². The Bertz CT molecular complexity index is 1140. The highest BCUT2D eigenvalue weighted by Gasteiger charge is 2.05. The van der Waals surface area contributed by atoms with Gasteiger partial charge < -0.3 is 11.1 Å². The Morgan fingerprint density at radius 1 is 1.08 bits per heavy atom. The van der Waals surface area contributed by atoms with E-state index in [-0.39, 0.29) is 17.5 Å². The number of rotatable bonds is 7. The number of aryl methyl sites for hydroxylation is 2. The van der Waals surface area contributed by atoms with Crippen LogP contribution in [0.15, 0.2) is 54.9 Å². The molecular weight excluding hydrogens is 467 g/mol. The second-order valence-electron chi connectivity index (χ2n) is 7.88. The van der Waals surface area contributed by atoms with Gasteiger partial charge in [0, 0.05) is 19.3 Å². The normalized spacial score (nSPS) is 9.08. The zero-order chi connectivity index (χ0) is 28.2. The molecule has 0 saturated heterocycles. The maximum absolute atomic E-state index is 12.9. The Kier molecular flexibility index (Phi) is 17.2. The van der Waals surface area contributed by atoms with Crippen LogP contribution in [0.4, 0.5) is 4.39 Å². The molecule has 6 nitrogen and oxygen atoms in total. The molecule has 0 aliphatic carbocycles. The topological polar surface area (TPSA) is 90.0 Å². The minimum Gasteiger partial charge on any atom is -0.359 e. The van der Waals surface area contributed by atoms with Crippen molar-refractivity contribution in [2.75, 3.05) is 7.05 Å². The Balaban J connectivity index is 0.000000640. The summed E-state index contributed by atoms with van der Waals surface area (Å²) >= 11 is 0. The zero-order valence-electron chi connectivity index (χ0n) is 23.2. The number of carbonyl (C=O) groups is 2. The van der Waals surface area contributed by atoms with Crippen molar-refractivity contribution in [3.8, 4) is 12.0 Å². The van der Waals surface area contributed by atoms with Crippen LogP contribution in [0.3, 0.4) is 0 Å². The first-order chi connectivity index (χ1) is 17.7. The molecule has 0 unspecified atom stereocenters. The van der Waals surface area contributed by atoms with Crippen LogP contribution < -0.4 is 11.1 Å². The van der Waals surface area contributed by atoms with Gasteiger partial charge in [-0.2, -0.15) is 5.10 Å². The summed E-state index contributed by atoms with van der Waals surface area (Å²) in [6, 6.07) is 15.4. The lowest BCUT2D eigenvalue weighted by Crippen LogP contribution is -2.19. The number of nitrogens with zero attached hydrogens (tertiary/aromatic N) is 2. The summed E-state index contributed by atoms with van der Waals surface area (Å²) in [5.41, 5.74) is 9.14. The molecule has 0 atom stereocenters. The quantitative estimate of drug-likeness (QED) is 0.252. The summed E-state index contributed by atoms with van der Waals surface area (Å²) < 4.78 is 14.6. The van der Waals surface area contributed by atoms with E-state index in [1.165, 1.54) is 6.92 Å². The van der Waals surface area contributed by atoms with Gasteiger partial charge in [0.2, 0.25) is 5.91 Å². The number of Topliss-reactive ketones (excluding diaryl/α,β-unsaturated/α-hetero) is 1. The van der Waals surface area contributed by atoms with E-state index in [2.05, 4.69) is 35.0 Å². The molecule has 0 saturated carbocycles. The zero-order valence-corrected chi connectivity index (χ0v) is 23.2. The lowest BCUT2D eigenvalue weighted by atomic mass is 10.1. The molecule has 0 aliphatic rings. The first-order valence-electron chi connectivity index (χ1n) is 12.4. The molecule has 7 heteroatoms. The number of benzene rings is 2. The van der Waals surface area contributed by atoms with Crippen LogP contribution in [-0.2, 0) is 24.2 Å². The SMILES string of the molecule is CC.CC#CN.CCCc1ccc(C)c(F)c1.CNC(=O)Cc1ccc(Cn2cc(C(C)=O)cn2)cc1. The third-order valence-electron chi connectivity index (χ3n) is 4.97. The summed E-state index contributed by atoms with van der Waals surface area (Å²) in [6.07, 6.45) is 5.73. The number of aromatic nitrogens is 2. The molecule has 3 aromatic rings. The standard InChI is InChI=1S/C15H17N3O2.C10H13F.C3H5N.C2H6/c1-11(19)14-8-17-18(10-14)9-13-5-3-12(4-6-13)7-15(20)16-2;1-3-4-9-6-5-8(2)10(11)7-9;1-2-3-4;1-2/h3-6,8,10H,7,9H2,1-2H3,(H,16,20);5-7H,3-4H2,1-2H3;4H2,1H3;1-2H3. The molecule has 0 aliphatic heterocycles. The Hall–Kier alpha value is -3.92. The van der Waals surface area contributed by atoms with Gasteiger partial charge in [0.05, 0.1) is 24.7 Å². The maximum atomic E-state index is 12.9. The molecule has 37 heavy (non-hydrogen) atoms. The van der Waals surface area contributed by atoms with Crippen LogP contribution in [0.5, 0.6) is 0 Å². The van der Waals surface area contributed by atoms with E-state index in [0.717, 1.165) is 35.1 Å². The molecule has 3 rings (SSSR count). The second-order valence-corrected chi connectivity index (χ2v) is 7.88. The molecule has 1 amide bonds. The molecule has 2 aromatic carbocycles. The first kappa shape index (κ1) is 33.1. The monoisotopic (exact) mass is 508 g/mol. The van der Waals surface area contributed by atoms with E-state index in [1.807, 2.05) is 50.2 Å². The number of nitrogens with two attached hydrogens (primary N) is 1. The number of hydrogen-bond donors (Lipinski definition) is 2. The van der Waals surface area contributed by atoms with E-state index in [9.17, 15) is 14.0 Å². The van der Waals surface area contributed by atoms with Crippen molar-refractivity contribution in [1.82, 2.24) is 15.1 Å². The number of likely N-dealkylation sites (N-methyl/N-ethyl adjacent to an activating group) is 1. The first-order valence-corrected chi connectivity index (χ1v) is 12.4. The summed E-state index contributed by atoms with van der Waals surface area (Å²) in [5.74, 6) is 2.38. The third-order valence-corrected chi connectivity index (χ3v) is 4.97. The van der Waals surface area contributed by atoms with Gasteiger partial charge in [-0.05, 0) is 55.5 Å². The number of hydrogen-bond acceptors (Lipinski definition) is 4. The summed E-state index contributed by atoms with van der Waals surface area (Å²) in [5, 5.41) is 6.74. The van der Waals surface area contributed by atoms with Gasteiger partial charge in [-0.3, -0.25) is 14.3 Å². The molecule has 0 radical (unpaired) electrons. The predicted molar refractivity (Wildman–Crippen MR) is 150 cm³/mol. The number of ketones is 1. The fraction of sp³-hybridized carbons (Fsp3) is 0.367. The lowest BCUT2D eigenvalue weighted by molar-refractivity contribution is -0.119. The third kappa shape index (κ3) is 13.7. The summed E-state index contributed by atoms with van der Waals surface area (Å²) in [7, 11) is 1.63. The van der Waals surface area contributed by atoms with Crippen molar-refractivity contribution in [1.29, 1.82) is 0 Å². The van der Waals surface area contributed by atoms with Crippen LogP contribution in [0.25, 0.3) is 0 Å². The van der Waals surface area contributed by atoms with Gasteiger partial charge >= 0.3 is 0 Å². The van der Waals surface area contributed by atoms with Crippen molar-refractivity contribution in [2.24, 2.45) is 5.73 Å². The predicted octanol–water partition coefficient (Wildman–Crippen LogP) is 5.46. The minimum atomic E-state index is -0.0871. The van der Waals surface area contributed by atoms with E-state index in [0.29, 0.717) is 18.5 Å². The highest BCUT2D eigenvalue weighted by atomic mass is 19.1. The summed E-state index contributed by atoms with van der Waals surface area (Å²) in [4.78, 5) is 22.5. The van der Waals surface area contributed by atoms with Gasteiger partial charge in [-0.25, -0.2) is 4.39 Å². The van der Waals surface area contributed by atoms with Crippen molar-refractivity contribution in [3.63, 3.8) is 0 Å². The maximum Gasteiger partial charge on any atom is 0.224 e. The Labute approximate surface area is 221 Å². The average molecular weight is 509 g/mol. The van der Waals surface area contributed by atoms with E-state index < -0.39 is 0 Å².